The first-order valence-electron chi connectivity index (χ1n) is 7.44. The lowest BCUT2D eigenvalue weighted by Gasteiger charge is -2.22. The summed E-state index contributed by atoms with van der Waals surface area (Å²) in [6.45, 7) is 8.88. The Balaban J connectivity index is 2.00. The molecule has 2 rings (SSSR count). The highest BCUT2D eigenvalue weighted by atomic mass is 14.9. The van der Waals surface area contributed by atoms with Crippen molar-refractivity contribution in [2.45, 2.75) is 46.2 Å². The lowest BCUT2D eigenvalue weighted by molar-refractivity contribution is 0.475. The molecule has 1 N–H and O–H groups in total. The van der Waals surface area contributed by atoms with Crippen molar-refractivity contribution in [2.24, 2.45) is 0 Å². The van der Waals surface area contributed by atoms with Gasteiger partial charge in [0, 0.05) is 12.1 Å². The van der Waals surface area contributed by atoms with Gasteiger partial charge in [-0.05, 0) is 56.4 Å². The highest BCUT2D eigenvalue weighted by Gasteiger charge is 2.12. The molecule has 1 heteroatoms. The van der Waals surface area contributed by atoms with E-state index in [1.807, 2.05) is 0 Å². The van der Waals surface area contributed by atoms with Crippen molar-refractivity contribution in [3.63, 3.8) is 0 Å². The molecule has 0 spiro atoms. The molecule has 2 unspecified atom stereocenters. The van der Waals surface area contributed by atoms with Crippen LogP contribution in [0.1, 0.15) is 42.1 Å². The molecule has 2 aromatic carbocycles. The Hall–Kier alpha value is -1.60. The van der Waals surface area contributed by atoms with Gasteiger partial charge < -0.3 is 5.32 Å². The van der Waals surface area contributed by atoms with Crippen LogP contribution >= 0.6 is 0 Å². The molecule has 0 fully saturated rings. The molecule has 0 bridgehead atoms. The Kier molecular flexibility index (Phi) is 4.97. The van der Waals surface area contributed by atoms with Crippen molar-refractivity contribution in [2.75, 3.05) is 0 Å². The zero-order valence-electron chi connectivity index (χ0n) is 13.0. The van der Waals surface area contributed by atoms with Crippen LogP contribution in [0.25, 0.3) is 0 Å². The van der Waals surface area contributed by atoms with Gasteiger partial charge in [0.1, 0.15) is 0 Å². The molecule has 0 aliphatic carbocycles. The zero-order chi connectivity index (χ0) is 14.5. The molecule has 2 atom stereocenters. The summed E-state index contributed by atoms with van der Waals surface area (Å²) >= 11 is 0. The Labute approximate surface area is 123 Å². The van der Waals surface area contributed by atoms with Gasteiger partial charge in [0.15, 0.2) is 0 Å². The first-order chi connectivity index (χ1) is 9.58. The third-order valence-corrected chi connectivity index (χ3v) is 3.98. The van der Waals surface area contributed by atoms with Gasteiger partial charge in [0.25, 0.3) is 0 Å². The fourth-order valence-electron chi connectivity index (χ4n) is 2.82. The summed E-state index contributed by atoms with van der Waals surface area (Å²) < 4.78 is 0. The van der Waals surface area contributed by atoms with Crippen LogP contribution in [0.3, 0.4) is 0 Å². The second-order valence-corrected chi connectivity index (χ2v) is 5.78. The Morgan fingerprint density at radius 1 is 0.850 bits per heavy atom. The quantitative estimate of drug-likeness (QED) is 0.835. The maximum atomic E-state index is 3.71. The zero-order valence-corrected chi connectivity index (χ0v) is 13.0. The van der Waals surface area contributed by atoms with Crippen LogP contribution < -0.4 is 5.32 Å². The van der Waals surface area contributed by atoms with E-state index in [9.17, 15) is 0 Å². The van der Waals surface area contributed by atoms with Gasteiger partial charge in [-0.3, -0.25) is 0 Å². The van der Waals surface area contributed by atoms with Gasteiger partial charge in [-0.1, -0.05) is 48.5 Å². The topological polar surface area (TPSA) is 12.0 Å². The molecule has 0 aliphatic heterocycles. The van der Waals surface area contributed by atoms with Crippen molar-refractivity contribution in [3.05, 3.63) is 70.8 Å². The first kappa shape index (κ1) is 14.8. The fraction of sp³-hybridized carbons (Fsp3) is 0.368. The van der Waals surface area contributed by atoms with Gasteiger partial charge in [-0.25, -0.2) is 0 Å². The highest BCUT2D eigenvalue weighted by molar-refractivity contribution is 5.29. The molecule has 0 aromatic heterocycles. The fourth-order valence-corrected chi connectivity index (χ4v) is 2.82. The number of hydrogen-bond acceptors (Lipinski definition) is 1. The van der Waals surface area contributed by atoms with Gasteiger partial charge in [-0.2, -0.15) is 0 Å². The number of benzene rings is 2. The van der Waals surface area contributed by atoms with Crippen LogP contribution in [-0.4, -0.2) is 6.04 Å². The van der Waals surface area contributed by atoms with Crippen molar-refractivity contribution in [3.8, 4) is 0 Å². The third kappa shape index (κ3) is 3.71. The number of nitrogens with one attached hydrogen (secondary N) is 1. The average molecular weight is 267 g/mol. The predicted octanol–water partition coefficient (Wildman–Crippen LogP) is 4.59. The van der Waals surface area contributed by atoms with Crippen molar-refractivity contribution < 1.29 is 0 Å². The van der Waals surface area contributed by atoms with Crippen molar-refractivity contribution in [1.29, 1.82) is 0 Å². The second-order valence-electron chi connectivity index (χ2n) is 5.78. The minimum Gasteiger partial charge on any atom is -0.307 e. The third-order valence-electron chi connectivity index (χ3n) is 3.98. The SMILES string of the molecule is Cc1ccccc1CC(C)NC(C)c1ccccc1C. The van der Waals surface area contributed by atoms with Crippen molar-refractivity contribution >= 4 is 0 Å². The van der Waals surface area contributed by atoms with Gasteiger partial charge in [0.2, 0.25) is 0 Å². The van der Waals surface area contributed by atoms with Crippen LogP contribution in [0.4, 0.5) is 0 Å². The maximum Gasteiger partial charge on any atom is 0.0296 e. The van der Waals surface area contributed by atoms with Gasteiger partial charge >= 0.3 is 0 Å². The molecule has 2 aromatic rings. The van der Waals surface area contributed by atoms with E-state index >= 15 is 0 Å². The molecule has 0 aliphatic rings. The molecule has 0 amide bonds. The lowest BCUT2D eigenvalue weighted by atomic mass is 9.99. The van der Waals surface area contributed by atoms with Crippen LogP contribution in [0.15, 0.2) is 48.5 Å². The van der Waals surface area contributed by atoms with Crippen LogP contribution in [0, 0.1) is 13.8 Å². The van der Waals surface area contributed by atoms with E-state index in [2.05, 4.69) is 81.5 Å². The predicted molar refractivity (Wildman–Crippen MR) is 87.1 cm³/mol. The van der Waals surface area contributed by atoms with Crippen molar-refractivity contribution in [1.82, 2.24) is 5.32 Å². The molecule has 0 heterocycles. The molecule has 106 valence electrons. The standard InChI is InChI=1S/C19H25N/c1-14-9-5-7-11-18(14)13-16(3)20-17(4)19-12-8-6-10-15(19)2/h5-12,16-17,20H,13H2,1-4H3. The molecule has 0 radical (unpaired) electrons. The Morgan fingerprint density at radius 2 is 1.45 bits per heavy atom. The Bertz CT molecular complexity index is 559. The summed E-state index contributed by atoms with van der Waals surface area (Å²) in [7, 11) is 0. The average Bonchev–Trinajstić information content (AvgIpc) is 2.41. The highest BCUT2D eigenvalue weighted by Crippen LogP contribution is 2.18. The molecule has 20 heavy (non-hydrogen) atoms. The Morgan fingerprint density at radius 3 is 2.10 bits per heavy atom. The summed E-state index contributed by atoms with van der Waals surface area (Å²) in [6, 6.07) is 18.1. The van der Waals surface area contributed by atoms with Crippen LogP contribution in [0.5, 0.6) is 0 Å². The van der Waals surface area contributed by atoms with Crippen LogP contribution in [0.2, 0.25) is 0 Å². The van der Waals surface area contributed by atoms with Gasteiger partial charge in [-0.15, -0.1) is 0 Å². The molecular formula is C19H25N. The smallest absolute Gasteiger partial charge is 0.0296 e. The minimum absolute atomic E-state index is 0.384. The monoisotopic (exact) mass is 267 g/mol. The maximum absolute atomic E-state index is 3.71. The lowest BCUT2D eigenvalue weighted by Crippen LogP contribution is -2.31. The first-order valence-corrected chi connectivity index (χ1v) is 7.44. The van der Waals surface area contributed by atoms with E-state index in [0.717, 1.165) is 6.42 Å². The summed E-state index contributed by atoms with van der Waals surface area (Å²) in [5.74, 6) is 0. The number of rotatable bonds is 5. The summed E-state index contributed by atoms with van der Waals surface area (Å²) in [4.78, 5) is 0. The summed E-state index contributed by atoms with van der Waals surface area (Å²) in [5, 5.41) is 3.71. The van der Waals surface area contributed by atoms with Crippen LogP contribution in [-0.2, 0) is 6.42 Å². The number of hydrogen-bond donors (Lipinski definition) is 1. The molecule has 1 nitrogen and oxygen atoms in total. The molecular weight excluding hydrogens is 242 g/mol. The van der Waals surface area contributed by atoms with E-state index in [1.54, 1.807) is 0 Å². The molecule has 0 saturated carbocycles. The van der Waals surface area contributed by atoms with E-state index in [-0.39, 0.29) is 0 Å². The minimum atomic E-state index is 0.384. The summed E-state index contributed by atoms with van der Waals surface area (Å²) in [5.41, 5.74) is 5.56. The van der Waals surface area contributed by atoms with E-state index in [4.69, 9.17) is 0 Å². The van der Waals surface area contributed by atoms with E-state index in [1.165, 1.54) is 22.3 Å². The normalized spacial score (nSPS) is 14.0. The largest absolute Gasteiger partial charge is 0.307 e. The van der Waals surface area contributed by atoms with Gasteiger partial charge in [0.05, 0.1) is 0 Å². The molecule has 0 saturated heterocycles. The summed E-state index contributed by atoms with van der Waals surface area (Å²) in [6.07, 6.45) is 1.07. The second kappa shape index (κ2) is 6.71. The van der Waals surface area contributed by atoms with E-state index < -0.39 is 0 Å². The van der Waals surface area contributed by atoms with E-state index in [0.29, 0.717) is 12.1 Å². The number of aryl methyl sites for hydroxylation is 2.